The SMILES string of the molecule is O=C(Nc1ccc(N2CCOCC2=O)cc1)c1ccccc1Br. The highest BCUT2D eigenvalue weighted by molar-refractivity contribution is 9.10. The fourth-order valence-electron chi connectivity index (χ4n) is 2.36. The van der Waals surface area contributed by atoms with Crippen LogP contribution < -0.4 is 10.2 Å². The van der Waals surface area contributed by atoms with Crippen molar-refractivity contribution in [2.45, 2.75) is 0 Å². The molecule has 0 saturated carbocycles. The number of carbonyl (C=O) groups is 2. The number of amides is 2. The van der Waals surface area contributed by atoms with Gasteiger partial charge in [-0.05, 0) is 52.3 Å². The smallest absolute Gasteiger partial charge is 0.256 e. The first-order chi connectivity index (χ1) is 11.1. The van der Waals surface area contributed by atoms with Crippen molar-refractivity contribution in [2.75, 3.05) is 30.0 Å². The zero-order valence-electron chi connectivity index (χ0n) is 12.3. The lowest BCUT2D eigenvalue weighted by Crippen LogP contribution is -2.41. The van der Waals surface area contributed by atoms with Crippen LogP contribution in [0.5, 0.6) is 0 Å². The Morgan fingerprint density at radius 3 is 2.57 bits per heavy atom. The molecule has 3 rings (SSSR count). The van der Waals surface area contributed by atoms with Crippen molar-refractivity contribution in [3.63, 3.8) is 0 Å². The van der Waals surface area contributed by atoms with Gasteiger partial charge in [-0.3, -0.25) is 9.59 Å². The third-order valence-electron chi connectivity index (χ3n) is 3.54. The maximum absolute atomic E-state index is 12.3. The first-order valence-electron chi connectivity index (χ1n) is 7.19. The lowest BCUT2D eigenvalue weighted by Gasteiger charge is -2.26. The van der Waals surface area contributed by atoms with E-state index in [1.807, 2.05) is 30.3 Å². The van der Waals surface area contributed by atoms with E-state index in [0.29, 0.717) is 24.4 Å². The van der Waals surface area contributed by atoms with E-state index < -0.39 is 0 Å². The molecule has 6 heteroatoms. The number of carbonyl (C=O) groups excluding carboxylic acids is 2. The van der Waals surface area contributed by atoms with E-state index in [-0.39, 0.29) is 18.4 Å². The zero-order valence-corrected chi connectivity index (χ0v) is 13.9. The molecule has 0 aliphatic carbocycles. The van der Waals surface area contributed by atoms with Gasteiger partial charge in [-0.1, -0.05) is 12.1 Å². The molecule has 0 spiro atoms. The van der Waals surface area contributed by atoms with Gasteiger partial charge in [-0.15, -0.1) is 0 Å². The van der Waals surface area contributed by atoms with Gasteiger partial charge < -0.3 is 15.0 Å². The van der Waals surface area contributed by atoms with Crippen LogP contribution >= 0.6 is 15.9 Å². The van der Waals surface area contributed by atoms with E-state index in [4.69, 9.17) is 4.74 Å². The van der Waals surface area contributed by atoms with Crippen molar-refractivity contribution >= 4 is 39.1 Å². The lowest BCUT2D eigenvalue weighted by atomic mass is 10.2. The zero-order chi connectivity index (χ0) is 16.2. The summed E-state index contributed by atoms with van der Waals surface area (Å²) in [6.07, 6.45) is 0. The molecule has 23 heavy (non-hydrogen) atoms. The van der Waals surface area contributed by atoms with Crippen LogP contribution in [0.1, 0.15) is 10.4 Å². The van der Waals surface area contributed by atoms with Crippen molar-refractivity contribution in [3.05, 3.63) is 58.6 Å². The fraction of sp³-hybridized carbons (Fsp3) is 0.176. The summed E-state index contributed by atoms with van der Waals surface area (Å²) < 4.78 is 5.86. The molecule has 118 valence electrons. The normalized spacial score (nSPS) is 14.7. The van der Waals surface area contributed by atoms with Gasteiger partial charge in [-0.2, -0.15) is 0 Å². The molecular weight excluding hydrogens is 360 g/mol. The van der Waals surface area contributed by atoms with Crippen molar-refractivity contribution in [3.8, 4) is 0 Å². The third kappa shape index (κ3) is 3.60. The Bertz CT molecular complexity index is 731. The first-order valence-corrected chi connectivity index (χ1v) is 7.98. The van der Waals surface area contributed by atoms with Crippen molar-refractivity contribution in [2.24, 2.45) is 0 Å². The number of rotatable bonds is 3. The van der Waals surface area contributed by atoms with Crippen LogP contribution in [0.3, 0.4) is 0 Å². The summed E-state index contributed by atoms with van der Waals surface area (Å²) in [6, 6.07) is 14.4. The predicted octanol–water partition coefficient (Wildman–Crippen LogP) is 3.06. The Kier molecular flexibility index (Phi) is 4.73. The number of nitrogens with zero attached hydrogens (tertiary/aromatic N) is 1. The van der Waals surface area contributed by atoms with Crippen LogP contribution in [-0.4, -0.2) is 31.6 Å². The molecule has 1 aliphatic rings. The minimum atomic E-state index is -0.187. The second-order valence-corrected chi connectivity index (χ2v) is 5.93. The Morgan fingerprint density at radius 1 is 1.13 bits per heavy atom. The minimum Gasteiger partial charge on any atom is -0.370 e. The number of benzene rings is 2. The van der Waals surface area contributed by atoms with E-state index in [1.54, 1.807) is 23.1 Å². The van der Waals surface area contributed by atoms with Crippen LogP contribution in [0.4, 0.5) is 11.4 Å². The average Bonchev–Trinajstić information content (AvgIpc) is 2.56. The maximum atomic E-state index is 12.3. The van der Waals surface area contributed by atoms with E-state index in [9.17, 15) is 9.59 Å². The number of morpholine rings is 1. The number of anilines is 2. The Balaban J connectivity index is 1.71. The monoisotopic (exact) mass is 374 g/mol. The van der Waals surface area contributed by atoms with Gasteiger partial charge in [0.25, 0.3) is 11.8 Å². The number of hydrogen-bond donors (Lipinski definition) is 1. The molecule has 0 radical (unpaired) electrons. The summed E-state index contributed by atoms with van der Waals surface area (Å²) in [5.41, 5.74) is 2.05. The Labute approximate surface area is 142 Å². The fourth-order valence-corrected chi connectivity index (χ4v) is 2.82. The molecular formula is C17H15BrN2O3. The summed E-state index contributed by atoms with van der Waals surface area (Å²) in [5, 5.41) is 2.84. The molecule has 2 aromatic carbocycles. The molecule has 2 amide bonds. The van der Waals surface area contributed by atoms with E-state index in [2.05, 4.69) is 21.2 Å². The molecule has 0 atom stereocenters. The molecule has 0 bridgehead atoms. The number of nitrogens with one attached hydrogen (secondary N) is 1. The largest absolute Gasteiger partial charge is 0.370 e. The quantitative estimate of drug-likeness (QED) is 0.897. The topological polar surface area (TPSA) is 58.6 Å². The molecule has 1 heterocycles. The molecule has 1 saturated heterocycles. The van der Waals surface area contributed by atoms with Gasteiger partial charge >= 0.3 is 0 Å². The molecule has 5 nitrogen and oxygen atoms in total. The summed E-state index contributed by atoms with van der Waals surface area (Å²) >= 11 is 3.36. The predicted molar refractivity (Wildman–Crippen MR) is 91.7 cm³/mol. The van der Waals surface area contributed by atoms with Gasteiger partial charge in [0.2, 0.25) is 0 Å². The van der Waals surface area contributed by atoms with Crippen molar-refractivity contribution in [1.82, 2.24) is 0 Å². The number of ether oxygens (including phenoxy) is 1. The van der Waals surface area contributed by atoms with Crippen molar-refractivity contribution < 1.29 is 14.3 Å². The van der Waals surface area contributed by atoms with E-state index >= 15 is 0 Å². The first kappa shape index (κ1) is 15.7. The van der Waals surface area contributed by atoms with Gasteiger partial charge in [0, 0.05) is 22.4 Å². The van der Waals surface area contributed by atoms with Crippen molar-refractivity contribution in [1.29, 1.82) is 0 Å². The Hall–Kier alpha value is -2.18. The second-order valence-electron chi connectivity index (χ2n) is 5.08. The van der Waals surface area contributed by atoms with E-state index in [1.165, 1.54) is 0 Å². The summed E-state index contributed by atoms with van der Waals surface area (Å²) in [7, 11) is 0. The van der Waals surface area contributed by atoms with Gasteiger partial charge in [0.05, 0.1) is 12.2 Å². The third-order valence-corrected chi connectivity index (χ3v) is 4.23. The molecule has 1 fully saturated rings. The van der Waals surface area contributed by atoms with Crippen LogP contribution in [0.15, 0.2) is 53.0 Å². The van der Waals surface area contributed by atoms with Gasteiger partial charge in [0.1, 0.15) is 6.61 Å². The van der Waals surface area contributed by atoms with Crippen LogP contribution in [0, 0.1) is 0 Å². The Morgan fingerprint density at radius 2 is 1.87 bits per heavy atom. The second kappa shape index (κ2) is 6.93. The summed E-state index contributed by atoms with van der Waals surface area (Å²) in [5.74, 6) is -0.242. The average molecular weight is 375 g/mol. The molecule has 0 unspecified atom stereocenters. The lowest BCUT2D eigenvalue weighted by molar-refractivity contribution is -0.125. The molecule has 0 aromatic heterocycles. The highest BCUT2D eigenvalue weighted by Crippen LogP contribution is 2.21. The summed E-state index contributed by atoms with van der Waals surface area (Å²) in [4.78, 5) is 25.7. The molecule has 1 aliphatic heterocycles. The van der Waals surface area contributed by atoms with E-state index in [0.717, 1.165) is 10.2 Å². The molecule has 2 aromatic rings. The minimum absolute atomic E-state index is 0.0544. The highest BCUT2D eigenvalue weighted by atomic mass is 79.9. The maximum Gasteiger partial charge on any atom is 0.256 e. The van der Waals surface area contributed by atoms with Crippen LogP contribution in [0.2, 0.25) is 0 Å². The number of hydrogen-bond acceptors (Lipinski definition) is 3. The highest BCUT2D eigenvalue weighted by Gasteiger charge is 2.20. The van der Waals surface area contributed by atoms with Gasteiger partial charge in [-0.25, -0.2) is 0 Å². The van der Waals surface area contributed by atoms with Crippen LogP contribution in [0.25, 0.3) is 0 Å². The standard InChI is InChI=1S/C17H15BrN2O3/c18-15-4-2-1-3-14(15)17(22)19-12-5-7-13(8-6-12)20-9-10-23-11-16(20)21/h1-8H,9-11H2,(H,19,22). The van der Waals surface area contributed by atoms with Gasteiger partial charge in [0.15, 0.2) is 0 Å². The van der Waals surface area contributed by atoms with Crippen LogP contribution in [-0.2, 0) is 9.53 Å². The molecule has 1 N–H and O–H groups in total. The number of halogens is 1. The summed E-state index contributed by atoms with van der Waals surface area (Å²) in [6.45, 7) is 1.19.